The topological polar surface area (TPSA) is 95.0 Å². The third-order valence-corrected chi connectivity index (χ3v) is 4.24. The average Bonchev–Trinajstić information content (AvgIpc) is 2.99. The van der Waals surface area contributed by atoms with Crippen molar-refractivity contribution >= 4 is 17.0 Å². The Kier molecular flexibility index (Phi) is 3.17. The summed E-state index contributed by atoms with van der Waals surface area (Å²) in [6.45, 7) is 0.732. The molecule has 3 heterocycles. The van der Waals surface area contributed by atoms with Crippen LogP contribution in [0.15, 0.2) is 36.7 Å². The van der Waals surface area contributed by atoms with Crippen molar-refractivity contribution in [3.63, 3.8) is 0 Å². The molecule has 7 heteroatoms. The van der Waals surface area contributed by atoms with E-state index in [-0.39, 0.29) is 0 Å². The van der Waals surface area contributed by atoms with Crippen LogP contribution in [0.3, 0.4) is 0 Å². The number of aromatic nitrogens is 3. The molecule has 24 heavy (non-hydrogen) atoms. The summed E-state index contributed by atoms with van der Waals surface area (Å²) in [5.74, 6) is 0.496. The van der Waals surface area contributed by atoms with Gasteiger partial charge in [-0.3, -0.25) is 4.57 Å². The highest BCUT2D eigenvalue weighted by molar-refractivity contribution is 5.87. The summed E-state index contributed by atoms with van der Waals surface area (Å²) < 4.78 is 1.80. The summed E-state index contributed by atoms with van der Waals surface area (Å²) >= 11 is 0. The van der Waals surface area contributed by atoms with Gasteiger partial charge >= 0.3 is 6.09 Å². The van der Waals surface area contributed by atoms with E-state index in [4.69, 9.17) is 5.11 Å². The van der Waals surface area contributed by atoms with Gasteiger partial charge in [0.25, 0.3) is 0 Å². The standard InChI is InChI=1S/C17H13N5O2/c18-7-11-10-22(15-4-2-1-3-13(11)15)16-19-8-12-9-21(17(23)24)6-5-14(12)20-16/h1-4,8,10H,5-6,9H2,(H,23,24). The van der Waals surface area contributed by atoms with Gasteiger partial charge in [-0.25, -0.2) is 14.8 Å². The Hall–Kier alpha value is -3.40. The molecule has 0 saturated heterocycles. The Morgan fingerprint density at radius 2 is 2.17 bits per heavy atom. The number of nitriles is 1. The average molecular weight is 319 g/mol. The second-order valence-corrected chi connectivity index (χ2v) is 5.64. The smallest absolute Gasteiger partial charge is 0.407 e. The Morgan fingerprint density at radius 3 is 2.96 bits per heavy atom. The van der Waals surface area contributed by atoms with Gasteiger partial charge in [0, 0.05) is 36.3 Å². The molecule has 0 spiro atoms. The van der Waals surface area contributed by atoms with Crippen LogP contribution in [-0.2, 0) is 13.0 Å². The molecule has 0 bridgehead atoms. The molecule has 1 N–H and O–H groups in total. The van der Waals surface area contributed by atoms with Crippen LogP contribution in [-0.4, -0.2) is 37.2 Å². The van der Waals surface area contributed by atoms with Crippen molar-refractivity contribution < 1.29 is 9.90 Å². The van der Waals surface area contributed by atoms with Gasteiger partial charge in [-0.1, -0.05) is 18.2 Å². The van der Waals surface area contributed by atoms with Crippen LogP contribution in [0.25, 0.3) is 16.9 Å². The molecule has 7 nitrogen and oxygen atoms in total. The van der Waals surface area contributed by atoms with Gasteiger partial charge in [-0.05, 0) is 6.07 Å². The Balaban J connectivity index is 1.80. The van der Waals surface area contributed by atoms with E-state index in [2.05, 4.69) is 16.0 Å². The van der Waals surface area contributed by atoms with Gasteiger partial charge in [-0.2, -0.15) is 5.26 Å². The summed E-state index contributed by atoms with van der Waals surface area (Å²) in [5.41, 5.74) is 3.12. The predicted octanol–water partition coefficient (Wildman–Crippen LogP) is 2.33. The summed E-state index contributed by atoms with van der Waals surface area (Å²) in [6.07, 6.45) is 3.04. The highest BCUT2D eigenvalue weighted by atomic mass is 16.4. The number of fused-ring (bicyclic) bond motifs is 2. The van der Waals surface area contributed by atoms with Gasteiger partial charge in [0.15, 0.2) is 0 Å². The lowest BCUT2D eigenvalue weighted by molar-refractivity contribution is 0.139. The van der Waals surface area contributed by atoms with Gasteiger partial charge in [0.05, 0.1) is 23.3 Å². The van der Waals surface area contributed by atoms with E-state index in [9.17, 15) is 10.1 Å². The number of amides is 1. The van der Waals surface area contributed by atoms with Crippen molar-refractivity contribution in [3.05, 3.63) is 53.5 Å². The monoisotopic (exact) mass is 319 g/mol. The van der Waals surface area contributed by atoms with Crippen LogP contribution >= 0.6 is 0 Å². The number of hydrogen-bond acceptors (Lipinski definition) is 4. The van der Waals surface area contributed by atoms with Crippen LogP contribution < -0.4 is 0 Å². The van der Waals surface area contributed by atoms with E-state index >= 15 is 0 Å². The molecule has 2 aromatic heterocycles. The number of rotatable bonds is 1. The second kappa shape index (κ2) is 5.35. The summed E-state index contributed by atoms with van der Waals surface area (Å²) in [7, 11) is 0. The second-order valence-electron chi connectivity index (χ2n) is 5.64. The molecule has 0 radical (unpaired) electrons. The summed E-state index contributed by atoms with van der Waals surface area (Å²) in [6, 6.07) is 9.81. The van der Waals surface area contributed by atoms with Crippen molar-refractivity contribution in [2.45, 2.75) is 13.0 Å². The fraction of sp³-hybridized carbons (Fsp3) is 0.176. The highest BCUT2D eigenvalue weighted by Gasteiger charge is 2.22. The molecule has 0 atom stereocenters. The van der Waals surface area contributed by atoms with E-state index in [0.29, 0.717) is 31.0 Å². The maximum absolute atomic E-state index is 11.1. The Morgan fingerprint density at radius 1 is 1.33 bits per heavy atom. The summed E-state index contributed by atoms with van der Waals surface area (Å²) in [5, 5.41) is 19.3. The SMILES string of the molecule is N#Cc1cn(-c2ncc3c(n2)CCN(C(=O)O)C3)c2ccccc12. The van der Waals surface area contributed by atoms with E-state index in [0.717, 1.165) is 22.2 Å². The van der Waals surface area contributed by atoms with Gasteiger partial charge < -0.3 is 10.0 Å². The van der Waals surface area contributed by atoms with Crippen molar-refractivity contribution in [2.75, 3.05) is 6.54 Å². The van der Waals surface area contributed by atoms with E-state index in [1.165, 1.54) is 4.90 Å². The zero-order valence-electron chi connectivity index (χ0n) is 12.7. The Bertz CT molecular complexity index is 1000. The molecular formula is C17H13N5O2. The molecule has 0 aliphatic carbocycles. The predicted molar refractivity (Wildman–Crippen MR) is 85.7 cm³/mol. The Labute approximate surface area is 137 Å². The first-order valence-electron chi connectivity index (χ1n) is 7.50. The first-order chi connectivity index (χ1) is 11.7. The minimum Gasteiger partial charge on any atom is -0.465 e. The third kappa shape index (κ3) is 2.16. The van der Waals surface area contributed by atoms with Gasteiger partial charge in [-0.15, -0.1) is 0 Å². The van der Waals surface area contributed by atoms with Crippen LogP contribution in [0.4, 0.5) is 4.79 Å². The van der Waals surface area contributed by atoms with Crippen molar-refractivity contribution in [3.8, 4) is 12.0 Å². The molecular weight excluding hydrogens is 306 g/mol. The lowest BCUT2D eigenvalue weighted by Crippen LogP contribution is -2.35. The normalized spacial score (nSPS) is 13.5. The molecule has 0 saturated carbocycles. The van der Waals surface area contributed by atoms with Crippen molar-refractivity contribution in [1.29, 1.82) is 5.26 Å². The largest absolute Gasteiger partial charge is 0.465 e. The third-order valence-electron chi connectivity index (χ3n) is 4.24. The number of carbonyl (C=O) groups is 1. The molecule has 118 valence electrons. The van der Waals surface area contributed by atoms with E-state index < -0.39 is 6.09 Å². The number of carboxylic acid groups (broad SMARTS) is 1. The molecule has 1 aliphatic rings. The maximum atomic E-state index is 11.1. The molecule has 4 rings (SSSR count). The minimum absolute atomic E-state index is 0.306. The fourth-order valence-corrected chi connectivity index (χ4v) is 3.02. The molecule has 3 aromatic rings. The number of hydrogen-bond donors (Lipinski definition) is 1. The highest BCUT2D eigenvalue weighted by Crippen LogP contribution is 2.24. The maximum Gasteiger partial charge on any atom is 0.407 e. The molecule has 1 amide bonds. The first kappa shape index (κ1) is 14.2. The zero-order chi connectivity index (χ0) is 16.7. The number of para-hydroxylation sites is 1. The molecule has 1 aromatic carbocycles. The van der Waals surface area contributed by atoms with Crippen molar-refractivity contribution in [2.24, 2.45) is 0 Å². The fourth-order valence-electron chi connectivity index (χ4n) is 3.02. The number of benzene rings is 1. The van der Waals surface area contributed by atoms with Gasteiger partial charge in [0.1, 0.15) is 6.07 Å². The van der Waals surface area contributed by atoms with Crippen LogP contribution in [0.5, 0.6) is 0 Å². The van der Waals surface area contributed by atoms with Gasteiger partial charge in [0.2, 0.25) is 5.95 Å². The van der Waals surface area contributed by atoms with Crippen LogP contribution in [0.1, 0.15) is 16.8 Å². The summed E-state index contributed by atoms with van der Waals surface area (Å²) in [4.78, 5) is 21.4. The molecule has 0 unspecified atom stereocenters. The van der Waals surface area contributed by atoms with Crippen LogP contribution in [0.2, 0.25) is 0 Å². The lowest BCUT2D eigenvalue weighted by atomic mass is 10.1. The van der Waals surface area contributed by atoms with E-state index in [1.807, 2.05) is 24.3 Å². The van der Waals surface area contributed by atoms with Crippen LogP contribution in [0, 0.1) is 11.3 Å². The zero-order valence-corrected chi connectivity index (χ0v) is 12.7. The minimum atomic E-state index is -0.931. The number of nitrogens with zero attached hydrogens (tertiary/aromatic N) is 5. The lowest BCUT2D eigenvalue weighted by Gasteiger charge is -2.25. The quantitative estimate of drug-likeness (QED) is 0.742. The van der Waals surface area contributed by atoms with E-state index in [1.54, 1.807) is 17.0 Å². The molecule has 1 aliphatic heterocycles. The van der Waals surface area contributed by atoms with Crippen molar-refractivity contribution in [1.82, 2.24) is 19.4 Å². The first-order valence-corrected chi connectivity index (χ1v) is 7.50. The molecule has 0 fully saturated rings.